The molecule has 0 aliphatic carbocycles. The monoisotopic (exact) mass is 225 g/mol. The molecule has 2 aromatic rings. The van der Waals surface area contributed by atoms with Crippen LogP contribution in [-0.2, 0) is 6.42 Å². The minimum absolute atomic E-state index is 0.637. The van der Waals surface area contributed by atoms with Crippen molar-refractivity contribution in [1.29, 1.82) is 0 Å². The van der Waals surface area contributed by atoms with E-state index in [9.17, 15) is 0 Å². The van der Waals surface area contributed by atoms with Gasteiger partial charge in [-0.25, -0.2) is 0 Å². The summed E-state index contributed by atoms with van der Waals surface area (Å²) in [6, 6.07) is 4.19. The Labute approximate surface area is 90.6 Å². The Morgan fingerprint density at radius 3 is 2.79 bits per heavy atom. The van der Waals surface area contributed by atoms with Gasteiger partial charge in [0.25, 0.3) is 0 Å². The first-order chi connectivity index (χ1) is 6.79. The molecule has 0 saturated heterocycles. The van der Waals surface area contributed by atoms with Crippen molar-refractivity contribution in [2.45, 2.75) is 13.3 Å². The maximum Gasteiger partial charge on any atom is 0.157 e. The minimum atomic E-state index is 0.637. The van der Waals surface area contributed by atoms with Gasteiger partial charge in [-0.2, -0.15) is 0 Å². The number of hydrogen-bond donors (Lipinski definition) is 1. The summed E-state index contributed by atoms with van der Waals surface area (Å²) in [7, 11) is 0. The number of rotatable bonds is 3. The van der Waals surface area contributed by atoms with Crippen LogP contribution in [0, 0.1) is 6.92 Å². The molecule has 74 valence electrons. The Morgan fingerprint density at radius 2 is 2.14 bits per heavy atom. The summed E-state index contributed by atoms with van der Waals surface area (Å²) in [5, 5.41) is 10.3. The third-order valence-electron chi connectivity index (χ3n) is 1.78. The molecule has 0 radical (unpaired) electrons. The second kappa shape index (κ2) is 4.16. The Balaban J connectivity index is 2.24. The molecule has 3 nitrogen and oxygen atoms in total. The molecule has 0 saturated carbocycles. The molecular formula is C9H11N3S2. The molecule has 0 atom stereocenters. The van der Waals surface area contributed by atoms with E-state index in [-0.39, 0.29) is 0 Å². The highest BCUT2D eigenvalue weighted by Crippen LogP contribution is 2.29. The molecule has 0 spiro atoms. The van der Waals surface area contributed by atoms with Gasteiger partial charge in [0.15, 0.2) is 5.01 Å². The summed E-state index contributed by atoms with van der Waals surface area (Å²) in [6.45, 7) is 2.73. The highest BCUT2D eigenvalue weighted by Gasteiger charge is 2.07. The molecule has 0 aliphatic rings. The van der Waals surface area contributed by atoms with Gasteiger partial charge >= 0.3 is 0 Å². The SMILES string of the molecule is Cc1ccc(-c2nnc(CCN)s2)s1. The zero-order valence-corrected chi connectivity index (χ0v) is 9.49. The zero-order valence-electron chi connectivity index (χ0n) is 7.86. The van der Waals surface area contributed by atoms with Crippen molar-refractivity contribution in [3.63, 3.8) is 0 Å². The second-order valence-electron chi connectivity index (χ2n) is 2.95. The first-order valence-corrected chi connectivity index (χ1v) is 6.02. The Kier molecular flexibility index (Phi) is 2.90. The average molecular weight is 225 g/mol. The number of aromatic nitrogens is 2. The predicted molar refractivity (Wildman–Crippen MR) is 60.7 cm³/mol. The van der Waals surface area contributed by atoms with E-state index in [0.717, 1.165) is 16.4 Å². The van der Waals surface area contributed by atoms with Crippen LogP contribution in [0.3, 0.4) is 0 Å². The van der Waals surface area contributed by atoms with Crippen molar-refractivity contribution < 1.29 is 0 Å². The van der Waals surface area contributed by atoms with Gasteiger partial charge in [0.2, 0.25) is 0 Å². The fraction of sp³-hybridized carbons (Fsp3) is 0.333. The first kappa shape index (κ1) is 9.76. The van der Waals surface area contributed by atoms with E-state index in [4.69, 9.17) is 5.73 Å². The summed E-state index contributed by atoms with van der Waals surface area (Å²) in [5.74, 6) is 0. The van der Waals surface area contributed by atoms with Crippen LogP contribution in [0.4, 0.5) is 0 Å². The topological polar surface area (TPSA) is 51.8 Å². The van der Waals surface area contributed by atoms with Crippen molar-refractivity contribution in [3.8, 4) is 9.88 Å². The van der Waals surface area contributed by atoms with Gasteiger partial charge in [0.1, 0.15) is 5.01 Å². The van der Waals surface area contributed by atoms with Gasteiger partial charge in [0.05, 0.1) is 4.88 Å². The highest BCUT2D eigenvalue weighted by molar-refractivity contribution is 7.21. The molecule has 0 aromatic carbocycles. The highest BCUT2D eigenvalue weighted by atomic mass is 32.1. The molecule has 0 amide bonds. The lowest BCUT2D eigenvalue weighted by atomic mass is 10.4. The summed E-state index contributed by atoms with van der Waals surface area (Å²) in [5.41, 5.74) is 5.45. The number of nitrogens with two attached hydrogens (primary N) is 1. The summed E-state index contributed by atoms with van der Waals surface area (Å²) in [4.78, 5) is 2.50. The maximum atomic E-state index is 5.45. The van der Waals surface area contributed by atoms with Crippen molar-refractivity contribution >= 4 is 22.7 Å². The van der Waals surface area contributed by atoms with Gasteiger partial charge in [-0.15, -0.1) is 21.5 Å². The predicted octanol–water partition coefficient (Wildman–Crippen LogP) is 2.08. The Morgan fingerprint density at radius 1 is 1.29 bits per heavy atom. The quantitative estimate of drug-likeness (QED) is 0.870. The van der Waals surface area contributed by atoms with Gasteiger partial charge < -0.3 is 5.73 Å². The van der Waals surface area contributed by atoms with Crippen molar-refractivity contribution in [3.05, 3.63) is 22.0 Å². The largest absolute Gasteiger partial charge is 0.330 e. The van der Waals surface area contributed by atoms with Gasteiger partial charge in [-0.3, -0.25) is 0 Å². The van der Waals surface area contributed by atoms with E-state index >= 15 is 0 Å². The molecule has 2 heterocycles. The number of aryl methyl sites for hydroxylation is 1. The smallest absolute Gasteiger partial charge is 0.157 e. The van der Waals surface area contributed by atoms with E-state index in [1.807, 2.05) is 0 Å². The molecule has 0 aliphatic heterocycles. The van der Waals surface area contributed by atoms with Gasteiger partial charge in [0, 0.05) is 11.3 Å². The number of hydrogen-bond acceptors (Lipinski definition) is 5. The van der Waals surface area contributed by atoms with Crippen LogP contribution in [-0.4, -0.2) is 16.7 Å². The normalized spacial score (nSPS) is 10.7. The first-order valence-electron chi connectivity index (χ1n) is 4.39. The van der Waals surface area contributed by atoms with Crippen LogP contribution in [0.1, 0.15) is 9.88 Å². The van der Waals surface area contributed by atoms with E-state index in [2.05, 4.69) is 29.3 Å². The van der Waals surface area contributed by atoms with Crippen LogP contribution in [0.25, 0.3) is 9.88 Å². The van der Waals surface area contributed by atoms with Crippen molar-refractivity contribution in [2.24, 2.45) is 5.73 Å². The Hall–Kier alpha value is -0.780. The molecule has 5 heteroatoms. The summed E-state index contributed by atoms with van der Waals surface area (Å²) >= 11 is 3.38. The fourth-order valence-corrected chi connectivity index (χ4v) is 2.90. The van der Waals surface area contributed by atoms with Crippen LogP contribution < -0.4 is 5.73 Å². The van der Waals surface area contributed by atoms with Crippen molar-refractivity contribution in [2.75, 3.05) is 6.54 Å². The van der Waals surface area contributed by atoms with E-state index < -0.39 is 0 Å². The molecule has 2 N–H and O–H groups in total. The molecule has 0 unspecified atom stereocenters. The van der Waals surface area contributed by atoms with Crippen LogP contribution in [0.5, 0.6) is 0 Å². The zero-order chi connectivity index (χ0) is 9.97. The molecular weight excluding hydrogens is 214 g/mol. The summed E-state index contributed by atoms with van der Waals surface area (Å²) in [6.07, 6.45) is 0.821. The fourth-order valence-electron chi connectivity index (χ4n) is 1.13. The van der Waals surface area contributed by atoms with Crippen LogP contribution >= 0.6 is 22.7 Å². The number of nitrogens with zero attached hydrogens (tertiary/aromatic N) is 2. The lowest BCUT2D eigenvalue weighted by Gasteiger charge is -1.86. The third kappa shape index (κ3) is 2.00. The molecule has 0 fully saturated rings. The number of thiophene rings is 1. The maximum absolute atomic E-state index is 5.45. The van der Waals surface area contributed by atoms with Gasteiger partial charge in [-0.1, -0.05) is 11.3 Å². The average Bonchev–Trinajstić information content (AvgIpc) is 2.74. The molecule has 2 rings (SSSR count). The molecule has 2 aromatic heterocycles. The van der Waals surface area contributed by atoms with Crippen LogP contribution in [0.2, 0.25) is 0 Å². The molecule has 14 heavy (non-hydrogen) atoms. The molecule has 0 bridgehead atoms. The summed E-state index contributed by atoms with van der Waals surface area (Å²) < 4.78 is 0. The second-order valence-corrected chi connectivity index (χ2v) is 5.30. The van der Waals surface area contributed by atoms with Crippen LogP contribution in [0.15, 0.2) is 12.1 Å². The van der Waals surface area contributed by atoms with Crippen molar-refractivity contribution in [1.82, 2.24) is 10.2 Å². The van der Waals surface area contributed by atoms with E-state index in [0.29, 0.717) is 6.54 Å². The van der Waals surface area contributed by atoms with E-state index in [1.165, 1.54) is 9.75 Å². The Bertz CT molecular complexity index is 419. The lowest BCUT2D eigenvalue weighted by molar-refractivity contribution is 0.914. The minimum Gasteiger partial charge on any atom is -0.330 e. The standard InChI is InChI=1S/C9H11N3S2/c1-6-2-3-7(13-6)9-12-11-8(14-9)4-5-10/h2-3H,4-5,10H2,1H3. The van der Waals surface area contributed by atoms with Gasteiger partial charge in [-0.05, 0) is 25.6 Å². The third-order valence-corrected chi connectivity index (χ3v) is 3.93. The lowest BCUT2D eigenvalue weighted by Crippen LogP contribution is -2.01. The van der Waals surface area contributed by atoms with E-state index in [1.54, 1.807) is 22.7 Å².